The molecule has 1 aromatic carbocycles. The predicted molar refractivity (Wildman–Crippen MR) is 117 cm³/mol. The van der Waals surface area contributed by atoms with Crippen LogP contribution in [-0.4, -0.2) is 4.57 Å². The first-order chi connectivity index (χ1) is 13.4. The molecule has 2 heteroatoms. The van der Waals surface area contributed by atoms with E-state index in [1.54, 1.807) is 0 Å². The molecular weight excluding hydrogens is 328 g/mol. The molecule has 150 valence electrons. The summed E-state index contributed by atoms with van der Waals surface area (Å²) < 4.78 is 4.96. The minimum atomic E-state index is 1.14. The largest absolute Gasteiger partial charge is 0.288 e. The van der Waals surface area contributed by atoms with Crippen LogP contribution in [0.4, 0.5) is 0 Å². The number of aryl methyl sites for hydroxylation is 2. The summed E-state index contributed by atoms with van der Waals surface area (Å²) in [5, 5.41) is 0. The van der Waals surface area contributed by atoms with Gasteiger partial charge in [-0.1, -0.05) is 83.4 Å². The summed E-state index contributed by atoms with van der Waals surface area (Å²) in [5.74, 6) is 1.39. The maximum atomic E-state index is 2.48. The van der Waals surface area contributed by atoms with Crippen LogP contribution in [0.15, 0.2) is 42.7 Å². The Morgan fingerprint density at radius 2 is 1.30 bits per heavy atom. The summed E-state index contributed by atoms with van der Waals surface area (Å²) in [6.07, 6.45) is 20.9. The summed E-state index contributed by atoms with van der Waals surface area (Å²) in [5.41, 5.74) is 1.35. The van der Waals surface area contributed by atoms with Crippen LogP contribution in [0.25, 0.3) is 11.4 Å². The zero-order valence-electron chi connectivity index (χ0n) is 17.8. The molecule has 0 spiro atoms. The van der Waals surface area contributed by atoms with Crippen LogP contribution in [0.2, 0.25) is 0 Å². The van der Waals surface area contributed by atoms with E-state index < -0.39 is 0 Å². The number of hydrogen-bond acceptors (Lipinski definition) is 0. The average Bonchev–Trinajstić information content (AvgIpc) is 3.10. The fourth-order valence-corrected chi connectivity index (χ4v) is 3.87. The van der Waals surface area contributed by atoms with Crippen LogP contribution in [0.1, 0.15) is 90.9 Å². The topological polar surface area (TPSA) is 8.81 Å². The maximum absolute atomic E-state index is 2.48. The molecule has 0 aliphatic heterocycles. The van der Waals surface area contributed by atoms with Crippen LogP contribution in [0.5, 0.6) is 0 Å². The molecule has 1 aromatic heterocycles. The van der Waals surface area contributed by atoms with Gasteiger partial charge in [0.1, 0.15) is 12.4 Å². The standard InChI is InChI=1S/C25H41N2/c1-3-5-7-9-11-16-20-26-22-23-27(21-17-12-10-8-6-4-2)25(26)24-18-14-13-15-19-24/h13-15,18-19,22-23H,3-12,16-17,20-21H2,1-2H3/q+1. The molecule has 2 nitrogen and oxygen atoms in total. The minimum Gasteiger partial charge on any atom is -0.230 e. The first-order valence-corrected chi connectivity index (χ1v) is 11.5. The van der Waals surface area contributed by atoms with Gasteiger partial charge in [0.25, 0.3) is 5.82 Å². The molecular formula is C25H41N2+. The van der Waals surface area contributed by atoms with Crippen molar-refractivity contribution in [3.05, 3.63) is 42.7 Å². The molecule has 0 saturated carbocycles. The monoisotopic (exact) mass is 369 g/mol. The predicted octanol–water partition coefficient (Wildman–Crippen LogP) is 7.16. The van der Waals surface area contributed by atoms with Gasteiger partial charge in [-0.25, -0.2) is 9.13 Å². The van der Waals surface area contributed by atoms with Gasteiger partial charge in [0, 0.05) is 0 Å². The van der Waals surface area contributed by atoms with E-state index in [0.717, 1.165) is 13.1 Å². The molecule has 0 aliphatic carbocycles. The van der Waals surface area contributed by atoms with Gasteiger partial charge >= 0.3 is 0 Å². The lowest BCUT2D eigenvalue weighted by Crippen LogP contribution is -2.34. The zero-order valence-corrected chi connectivity index (χ0v) is 17.8. The van der Waals surface area contributed by atoms with E-state index >= 15 is 0 Å². The Morgan fingerprint density at radius 1 is 0.704 bits per heavy atom. The van der Waals surface area contributed by atoms with Crippen LogP contribution in [-0.2, 0) is 13.1 Å². The maximum Gasteiger partial charge on any atom is 0.288 e. The highest BCUT2D eigenvalue weighted by Gasteiger charge is 2.18. The van der Waals surface area contributed by atoms with Gasteiger partial charge in [-0.05, 0) is 37.8 Å². The molecule has 2 rings (SSSR count). The van der Waals surface area contributed by atoms with Crippen molar-refractivity contribution >= 4 is 0 Å². The Bertz CT molecular complexity index is 567. The van der Waals surface area contributed by atoms with Crippen molar-refractivity contribution in [2.75, 3.05) is 0 Å². The number of benzene rings is 1. The van der Waals surface area contributed by atoms with Gasteiger partial charge < -0.3 is 0 Å². The minimum absolute atomic E-state index is 1.14. The van der Waals surface area contributed by atoms with Gasteiger partial charge in [0.2, 0.25) is 0 Å². The van der Waals surface area contributed by atoms with Gasteiger partial charge in [-0.3, -0.25) is 0 Å². The molecule has 0 atom stereocenters. The summed E-state index contributed by atoms with van der Waals surface area (Å²) >= 11 is 0. The number of imidazole rings is 1. The highest BCUT2D eigenvalue weighted by Crippen LogP contribution is 2.17. The first kappa shape index (κ1) is 21.7. The molecule has 0 N–H and O–H groups in total. The molecule has 0 radical (unpaired) electrons. The highest BCUT2D eigenvalue weighted by atomic mass is 15.1. The normalized spacial score (nSPS) is 11.2. The van der Waals surface area contributed by atoms with E-state index in [4.69, 9.17) is 0 Å². The van der Waals surface area contributed by atoms with Crippen molar-refractivity contribution in [3.63, 3.8) is 0 Å². The lowest BCUT2D eigenvalue weighted by atomic mass is 10.1. The lowest BCUT2D eigenvalue weighted by Gasteiger charge is -2.06. The molecule has 2 aromatic rings. The van der Waals surface area contributed by atoms with Crippen LogP contribution in [0.3, 0.4) is 0 Å². The quantitative estimate of drug-likeness (QED) is 0.232. The van der Waals surface area contributed by atoms with E-state index in [1.165, 1.54) is 88.4 Å². The number of unbranched alkanes of at least 4 members (excludes halogenated alkanes) is 10. The second-order valence-electron chi connectivity index (χ2n) is 7.91. The van der Waals surface area contributed by atoms with Crippen molar-refractivity contribution in [1.29, 1.82) is 0 Å². The third kappa shape index (κ3) is 7.91. The number of hydrogen-bond donors (Lipinski definition) is 0. The Kier molecular flexibility index (Phi) is 10.9. The summed E-state index contributed by atoms with van der Waals surface area (Å²) in [7, 11) is 0. The molecule has 0 saturated heterocycles. The van der Waals surface area contributed by atoms with E-state index in [9.17, 15) is 0 Å². The highest BCUT2D eigenvalue weighted by molar-refractivity contribution is 5.52. The van der Waals surface area contributed by atoms with Gasteiger partial charge in [0.05, 0.1) is 18.7 Å². The van der Waals surface area contributed by atoms with Crippen molar-refractivity contribution in [2.24, 2.45) is 0 Å². The van der Waals surface area contributed by atoms with Crippen molar-refractivity contribution < 1.29 is 4.57 Å². The molecule has 0 bridgehead atoms. The van der Waals surface area contributed by atoms with Crippen molar-refractivity contribution in [1.82, 2.24) is 4.57 Å². The fourth-order valence-electron chi connectivity index (χ4n) is 3.87. The Balaban J connectivity index is 1.92. The Hall–Kier alpha value is -1.57. The second-order valence-corrected chi connectivity index (χ2v) is 7.91. The van der Waals surface area contributed by atoms with Gasteiger partial charge in [-0.2, -0.15) is 0 Å². The number of nitrogens with zero attached hydrogens (tertiary/aromatic N) is 2. The van der Waals surface area contributed by atoms with Gasteiger partial charge in [-0.15, -0.1) is 0 Å². The number of aromatic nitrogens is 2. The van der Waals surface area contributed by atoms with E-state index in [1.807, 2.05) is 0 Å². The summed E-state index contributed by atoms with van der Waals surface area (Å²) in [6.45, 7) is 6.85. The Morgan fingerprint density at radius 3 is 1.96 bits per heavy atom. The Labute approximate surface area is 167 Å². The van der Waals surface area contributed by atoms with Crippen molar-refractivity contribution in [3.8, 4) is 11.4 Å². The first-order valence-electron chi connectivity index (χ1n) is 11.5. The fraction of sp³-hybridized carbons (Fsp3) is 0.640. The molecule has 0 amide bonds. The smallest absolute Gasteiger partial charge is 0.230 e. The second kappa shape index (κ2) is 13.6. The molecule has 0 unspecified atom stereocenters. The van der Waals surface area contributed by atoms with E-state index in [0.29, 0.717) is 0 Å². The lowest BCUT2D eigenvalue weighted by molar-refractivity contribution is -0.686. The van der Waals surface area contributed by atoms with Crippen LogP contribution in [0, 0.1) is 0 Å². The van der Waals surface area contributed by atoms with Gasteiger partial charge in [0.15, 0.2) is 0 Å². The van der Waals surface area contributed by atoms with E-state index in [-0.39, 0.29) is 0 Å². The molecule has 0 fully saturated rings. The van der Waals surface area contributed by atoms with Crippen molar-refractivity contribution in [2.45, 2.75) is 104 Å². The summed E-state index contributed by atoms with van der Waals surface area (Å²) in [4.78, 5) is 0. The zero-order chi connectivity index (χ0) is 19.2. The van der Waals surface area contributed by atoms with Crippen LogP contribution >= 0.6 is 0 Å². The molecule has 1 heterocycles. The molecule has 0 aliphatic rings. The molecule has 27 heavy (non-hydrogen) atoms. The average molecular weight is 370 g/mol. The summed E-state index contributed by atoms with van der Waals surface area (Å²) in [6, 6.07) is 10.9. The SMILES string of the molecule is CCCCCCCCn1cc[n+](CCCCCCCC)c1-c1ccccc1. The third-order valence-electron chi connectivity index (χ3n) is 5.51. The number of rotatable bonds is 15. The van der Waals surface area contributed by atoms with E-state index in [2.05, 4.69) is 65.7 Å². The third-order valence-corrected chi connectivity index (χ3v) is 5.51. The van der Waals surface area contributed by atoms with Crippen LogP contribution < -0.4 is 4.57 Å².